The molecule has 0 spiro atoms. The van der Waals surface area contributed by atoms with Gasteiger partial charge in [-0.3, -0.25) is 0 Å². The normalized spacial score (nSPS) is 14.8. The molecule has 2 atom stereocenters. The van der Waals surface area contributed by atoms with Crippen LogP contribution < -0.4 is 0 Å². The Labute approximate surface area is 106 Å². The quantitative estimate of drug-likeness (QED) is 0.871. The molecule has 90 valence electrons. The number of halogens is 1. The summed E-state index contributed by atoms with van der Waals surface area (Å²) in [5.41, 5.74) is 1.17. The first-order chi connectivity index (χ1) is 7.61. The van der Waals surface area contributed by atoms with E-state index in [1.165, 1.54) is 5.56 Å². The fraction of sp³-hybridized carbons (Fsp3) is 0.538. The Morgan fingerprint density at radius 3 is 2.44 bits per heavy atom. The van der Waals surface area contributed by atoms with Gasteiger partial charge in [-0.25, -0.2) is 0 Å². The van der Waals surface area contributed by atoms with E-state index < -0.39 is 0 Å². The average molecular weight is 287 g/mol. The van der Waals surface area contributed by atoms with Crippen LogP contribution in [0.5, 0.6) is 0 Å². The molecule has 0 heterocycles. The highest BCUT2D eigenvalue weighted by Crippen LogP contribution is 2.14. The zero-order valence-electron chi connectivity index (χ0n) is 9.82. The molecule has 1 aromatic carbocycles. The van der Waals surface area contributed by atoms with Crippen LogP contribution in [0, 0.1) is 0 Å². The van der Waals surface area contributed by atoms with Crippen molar-refractivity contribution in [2.75, 3.05) is 7.11 Å². The highest BCUT2D eigenvalue weighted by atomic mass is 79.9. The number of hydrogen-bond donors (Lipinski definition) is 1. The van der Waals surface area contributed by atoms with E-state index in [2.05, 4.69) is 15.9 Å². The number of aliphatic hydroxyl groups is 1. The fourth-order valence-corrected chi connectivity index (χ4v) is 1.80. The third-order valence-corrected chi connectivity index (χ3v) is 3.22. The van der Waals surface area contributed by atoms with Gasteiger partial charge >= 0.3 is 0 Å². The van der Waals surface area contributed by atoms with Crippen LogP contribution in [0.2, 0.25) is 0 Å². The third kappa shape index (κ3) is 5.10. The monoisotopic (exact) mass is 286 g/mol. The van der Waals surface area contributed by atoms with E-state index >= 15 is 0 Å². The molecule has 0 saturated heterocycles. The van der Waals surface area contributed by atoms with Crippen LogP contribution in [0.4, 0.5) is 0 Å². The van der Waals surface area contributed by atoms with E-state index in [1.54, 1.807) is 7.11 Å². The minimum absolute atomic E-state index is 0.222. The van der Waals surface area contributed by atoms with Gasteiger partial charge in [0.05, 0.1) is 12.2 Å². The van der Waals surface area contributed by atoms with Crippen molar-refractivity contribution in [1.29, 1.82) is 0 Å². The van der Waals surface area contributed by atoms with Gasteiger partial charge in [-0.2, -0.15) is 0 Å². The lowest BCUT2D eigenvalue weighted by Gasteiger charge is -2.13. The van der Waals surface area contributed by atoms with Gasteiger partial charge in [-0.15, -0.1) is 0 Å². The van der Waals surface area contributed by atoms with Crippen LogP contribution in [-0.2, 0) is 11.2 Å². The van der Waals surface area contributed by atoms with Crippen LogP contribution in [0.25, 0.3) is 0 Å². The van der Waals surface area contributed by atoms with Crippen molar-refractivity contribution < 1.29 is 9.84 Å². The van der Waals surface area contributed by atoms with Crippen molar-refractivity contribution in [1.82, 2.24) is 0 Å². The molecule has 0 aliphatic heterocycles. The molecule has 16 heavy (non-hydrogen) atoms. The van der Waals surface area contributed by atoms with E-state index in [0.29, 0.717) is 6.42 Å². The van der Waals surface area contributed by atoms with Crippen molar-refractivity contribution in [2.24, 2.45) is 0 Å². The second-order valence-electron chi connectivity index (χ2n) is 4.11. The van der Waals surface area contributed by atoms with Crippen LogP contribution in [-0.4, -0.2) is 24.4 Å². The minimum atomic E-state index is -0.279. The molecule has 1 aromatic rings. The smallest absolute Gasteiger partial charge is 0.0581 e. The molecule has 3 heteroatoms. The maximum atomic E-state index is 9.85. The fourth-order valence-electron chi connectivity index (χ4n) is 1.54. The second kappa shape index (κ2) is 7.05. The summed E-state index contributed by atoms with van der Waals surface area (Å²) in [4.78, 5) is 0. The molecular formula is C13H19BrO2. The average Bonchev–Trinajstić information content (AvgIpc) is 2.29. The topological polar surface area (TPSA) is 29.5 Å². The summed E-state index contributed by atoms with van der Waals surface area (Å²) in [6.45, 7) is 2.02. The number of hydrogen-bond acceptors (Lipinski definition) is 2. The summed E-state index contributed by atoms with van der Waals surface area (Å²) >= 11 is 3.39. The molecule has 2 unspecified atom stereocenters. The summed E-state index contributed by atoms with van der Waals surface area (Å²) in [7, 11) is 1.70. The third-order valence-electron chi connectivity index (χ3n) is 2.69. The van der Waals surface area contributed by atoms with E-state index in [4.69, 9.17) is 4.74 Å². The Morgan fingerprint density at radius 2 is 1.88 bits per heavy atom. The molecule has 0 bridgehead atoms. The largest absolute Gasteiger partial charge is 0.393 e. The molecule has 0 fully saturated rings. The highest BCUT2D eigenvalue weighted by Gasteiger charge is 2.08. The number of methoxy groups -OCH3 is 1. The van der Waals surface area contributed by atoms with E-state index in [-0.39, 0.29) is 12.2 Å². The van der Waals surface area contributed by atoms with Crippen molar-refractivity contribution in [3.8, 4) is 0 Å². The van der Waals surface area contributed by atoms with E-state index in [0.717, 1.165) is 17.3 Å². The van der Waals surface area contributed by atoms with Gasteiger partial charge < -0.3 is 9.84 Å². The van der Waals surface area contributed by atoms with Gasteiger partial charge in [0.1, 0.15) is 0 Å². The molecule has 1 rings (SSSR count). The minimum Gasteiger partial charge on any atom is -0.393 e. The summed E-state index contributed by atoms with van der Waals surface area (Å²) in [6, 6.07) is 8.07. The first-order valence-electron chi connectivity index (χ1n) is 5.57. The molecule has 0 aromatic heterocycles. The standard InChI is InChI=1S/C13H19BrO2/c1-10(16-2)3-8-13(15)9-11-4-6-12(14)7-5-11/h4-7,10,13,15H,3,8-9H2,1-2H3. The summed E-state index contributed by atoms with van der Waals surface area (Å²) < 4.78 is 6.22. The van der Waals surface area contributed by atoms with Crippen LogP contribution in [0.3, 0.4) is 0 Å². The van der Waals surface area contributed by atoms with Crippen LogP contribution >= 0.6 is 15.9 Å². The Kier molecular flexibility index (Phi) is 6.03. The Hall–Kier alpha value is -0.380. The molecule has 0 aliphatic rings. The van der Waals surface area contributed by atoms with Crippen LogP contribution in [0.1, 0.15) is 25.3 Å². The lowest BCUT2D eigenvalue weighted by atomic mass is 10.0. The predicted molar refractivity (Wildman–Crippen MR) is 69.6 cm³/mol. The maximum absolute atomic E-state index is 9.85. The molecule has 2 nitrogen and oxygen atoms in total. The van der Waals surface area contributed by atoms with Gasteiger partial charge in [-0.1, -0.05) is 28.1 Å². The maximum Gasteiger partial charge on any atom is 0.0581 e. The van der Waals surface area contributed by atoms with Gasteiger partial charge in [-0.05, 0) is 43.9 Å². The van der Waals surface area contributed by atoms with Crippen molar-refractivity contribution in [3.63, 3.8) is 0 Å². The zero-order valence-corrected chi connectivity index (χ0v) is 11.4. The molecule has 0 amide bonds. The molecule has 0 aliphatic carbocycles. The zero-order chi connectivity index (χ0) is 12.0. The predicted octanol–water partition coefficient (Wildman–Crippen LogP) is 3.17. The van der Waals surface area contributed by atoms with Crippen molar-refractivity contribution >= 4 is 15.9 Å². The van der Waals surface area contributed by atoms with Gasteiger partial charge in [0.25, 0.3) is 0 Å². The number of rotatable bonds is 6. The van der Waals surface area contributed by atoms with Crippen LogP contribution in [0.15, 0.2) is 28.7 Å². The van der Waals surface area contributed by atoms with Gasteiger partial charge in [0.15, 0.2) is 0 Å². The van der Waals surface area contributed by atoms with Gasteiger partial charge in [0, 0.05) is 11.6 Å². The Balaban J connectivity index is 2.33. The SMILES string of the molecule is COC(C)CCC(O)Cc1ccc(Br)cc1. The lowest BCUT2D eigenvalue weighted by molar-refractivity contribution is 0.0851. The number of benzene rings is 1. The molecule has 1 N–H and O–H groups in total. The highest BCUT2D eigenvalue weighted by molar-refractivity contribution is 9.10. The summed E-state index contributed by atoms with van der Waals surface area (Å²) in [6.07, 6.45) is 2.33. The van der Waals surface area contributed by atoms with E-state index in [9.17, 15) is 5.11 Å². The first-order valence-corrected chi connectivity index (χ1v) is 6.36. The molecule has 0 saturated carbocycles. The Morgan fingerprint density at radius 1 is 1.25 bits per heavy atom. The number of aliphatic hydroxyl groups excluding tert-OH is 1. The van der Waals surface area contributed by atoms with E-state index in [1.807, 2.05) is 31.2 Å². The van der Waals surface area contributed by atoms with Crippen molar-refractivity contribution in [2.45, 2.75) is 38.4 Å². The first kappa shape index (κ1) is 13.7. The van der Waals surface area contributed by atoms with Gasteiger partial charge in [0.2, 0.25) is 0 Å². The van der Waals surface area contributed by atoms with Crippen molar-refractivity contribution in [3.05, 3.63) is 34.3 Å². The lowest BCUT2D eigenvalue weighted by Crippen LogP contribution is -2.14. The second-order valence-corrected chi connectivity index (χ2v) is 5.02. The number of ether oxygens (including phenoxy) is 1. The summed E-state index contributed by atoms with van der Waals surface area (Å²) in [5.74, 6) is 0. The summed E-state index contributed by atoms with van der Waals surface area (Å²) in [5, 5.41) is 9.85. The Bertz CT molecular complexity index is 297. The molecular weight excluding hydrogens is 268 g/mol. The molecule has 0 radical (unpaired) electrons.